The molecule has 144 valence electrons. The van der Waals surface area contributed by atoms with Gasteiger partial charge in [-0.05, 0) is 67.1 Å². The van der Waals surface area contributed by atoms with Crippen LogP contribution in [0, 0.1) is 0 Å². The topological polar surface area (TPSA) is 95.4 Å². The van der Waals surface area contributed by atoms with Crippen molar-refractivity contribution in [3.05, 3.63) is 41.7 Å². The van der Waals surface area contributed by atoms with E-state index >= 15 is 0 Å². The third kappa shape index (κ3) is 2.76. The van der Waals surface area contributed by atoms with Crippen LogP contribution in [0.1, 0.15) is 49.7 Å². The van der Waals surface area contributed by atoms with Crippen molar-refractivity contribution in [2.24, 2.45) is 0 Å². The number of H-pyrrole nitrogens is 2. The van der Waals surface area contributed by atoms with Gasteiger partial charge in [0.25, 0.3) is 0 Å². The Hall–Kier alpha value is -2.86. The number of rotatable bonds is 3. The third-order valence-electron chi connectivity index (χ3n) is 5.93. The molecule has 6 heteroatoms. The minimum Gasteiger partial charge on any atom is -0.384 e. The summed E-state index contributed by atoms with van der Waals surface area (Å²) in [4.78, 5) is 15.6. The Kier molecular flexibility index (Phi) is 4.09. The molecule has 0 spiro atoms. The maximum atomic E-state index is 6.08. The Morgan fingerprint density at radius 1 is 1.14 bits per heavy atom. The fourth-order valence-electron chi connectivity index (χ4n) is 4.59. The normalized spacial score (nSPS) is 15.8. The van der Waals surface area contributed by atoms with Crippen molar-refractivity contribution < 1.29 is 0 Å². The summed E-state index contributed by atoms with van der Waals surface area (Å²) in [5.41, 5.74) is 13.7. The Balaban J connectivity index is 1.72. The molecule has 0 aliphatic carbocycles. The molecule has 6 nitrogen and oxygen atoms in total. The van der Waals surface area contributed by atoms with Gasteiger partial charge in [0.1, 0.15) is 11.3 Å². The fraction of sp³-hybridized carbons (Fsp3) is 0.364. The number of nitrogen functional groups attached to an aromatic ring is 1. The number of imidazole rings is 1. The van der Waals surface area contributed by atoms with Crippen LogP contribution in [0.4, 0.5) is 5.82 Å². The Labute approximate surface area is 164 Å². The van der Waals surface area contributed by atoms with Crippen molar-refractivity contribution >= 4 is 27.9 Å². The number of hydrogen-bond donors (Lipinski definition) is 4. The van der Waals surface area contributed by atoms with Crippen LogP contribution in [0.2, 0.25) is 0 Å². The van der Waals surface area contributed by atoms with E-state index in [-0.39, 0.29) is 0 Å². The Morgan fingerprint density at radius 2 is 1.96 bits per heavy atom. The highest BCUT2D eigenvalue weighted by molar-refractivity contribution is 5.98. The highest BCUT2D eigenvalue weighted by atomic mass is 15.0. The first kappa shape index (κ1) is 17.3. The van der Waals surface area contributed by atoms with E-state index in [1.807, 2.05) is 6.07 Å². The highest BCUT2D eigenvalue weighted by Crippen LogP contribution is 2.39. The average molecular weight is 374 g/mol. The van der Waals surface area contributed by atoms with Gasteiger partial charge in [0.15, 0.2) is 5.65 Å². The number of nitrogens with zero attached hydrogens (tertiary/aromatic N) is 2. The highest BCUT2D eigenvalue weighted by Gasteiger charge is 2.22. The van der Waals surface area contributed by atoms with Gasteiger partial charge in [-0.15, -0.1) is 0 Å². The molecule has 5 rings (SSSR count). The summed E-state index contributed by atoms with van der Waals surface area (Å²) in [7, 11) is 0. The van der Waals surface area contributed by atoms with Crippen LogP contribution in [-0.4, -0.2) is 33.0 Å². The molecule has 1 aliphatic rings. The molecule has 1 saturated heterocycles. The molecule has 0 atom stereocenters. The zero-order valence-corrected chi connectivity index (χ0v) is 16.3. The van der Waals surface area contributed by atoms with Gasteiger partial charge in [0.2, 0.25) is 0 Å². The summed E-state index contributed by atoms with van der Waals surface area (Å²) in [5, 5.41) is 4.77. The van der Waals surface area contributed by atoms with Gasteiger partial charge in [-0.3, -0.25) is 0 Å². The summed E-state index contributed by atoms with van der Waals surface area (Å²) in [5.74, 6) is 1.50. The van der Waals surface area contributed by atoms with Crippen LogP contribution >= 0.6 is 0 Å². The maximum absolute atomic E-state index is 6.08. The number of piperidine rings is 1. The molecule has 1 aromatic carbocycles. The minimum absolute atomic E-state index is 0.371. The molecule has 5 N–H and O–H groups in total. The molecule has 0 bridgehead atoms. The number of nitrogens with two attached hydrogens (primary N) is 1. The van der Waals surface area contributed by atoms with Gasteiger partial charge in [-0.25, -0.2) is 9.97 Å². The smallest absolute Gasteiger partial charge is 0.160 e. The second kappa shape index (κ2) is 6.63. The number of nitrogens with one attached hydrogen (secondary N) is 3. The zero-order chi connectivity index (χ0) is 19.3. The summed E-state index contributed by atoms with van der Waals surface area (Å²) < 4.78 is 0. The van der Waals surface area contributed by atoms with E-state index in [0.29, 0.717) is 17.7 Å². The van der Waals surface area contributed by atoms with Crippen molar-refractivity contribution in [3.8, 4) is 11.3 Å². The molecule has 3 aromatic heterocycles. The molecular formula is C22H26N6. The number of benzene rings is 1. The molecular weight excluding hydrogens is 348 g/mol. The Morgan fingerprint density at radius 3 is 2.75 bits per heavy atom. The number of anilines is 1. The monoisotopic (exact) mass is 374 g/mol. The number of pyridine rings is 1. The van der Waals surface area contributed by atoms with E-state index in [1.165, 1.54) is 29.4 Å². The van der Waals surface area contributed by atoms with Gasteiger partial charge in [0, 0.05) is 16.5 Å². The average Bonchev–Trinajstić information content (AvgIpc) is 3.31. The van der Waals surface area contributed by atoms with E-state index in [1.54, 1.807) is 6.33 Å². The van der Waals surface area contributed by atoms with E-state index in [9.17, 15) is 0 Å². The lowest BCUT2D eigenvalue weighted by Gasteiger charge is -2.23. The standard InChI is InChI=1S/C22H26N6/c1-12(2)19-15-9-14(13-5-7-24-8-6-13)3-4-17(15)27-20(19)16-10-18(23)28-22-21(16)25-11-26-22/h3-4,9-13,24,27H,5-8H2,1-2H3,(H3,23,25,26,28). The number of fused-ring (bicyclic) bond motifs is 2. The fourth-order valence-corrected chi connectivity index (χ4v) is 4.59. The molecule has 1 aliphatic heterocycles. The molecule has 4 heterocycles. The molecule has 0 radical (unpaired) electrons. The van der Waals surface area contributed by atoms with Crippen molar-refractivity contribution in [2.45, 2.75) is 38.5 Å². The molecule has 28 heavy (non-hydrogen) atoms. The Bertz CT molecular complexity index is 1150. The molecule has 0 unspecified atom stereocenters. The SMILES string of the molecule is CC(C)c1c(-c2cc(N)nc3[nH]cnc23)[nH]c2ccc(C3CCNCC3)cc12. The van der Waals surface area contributed by atoms with Crippen LogP contribution < -0.4 is 11.1 Å². The van der Waals surface area contributed by atoms with Crippen LogP contribution in [0.5, 0.6) is 0 Å². The number of aromatic nitrogens is 4. The minimum atomic E-state index is 0.371. The largest absolute Gasteiger partial charge is 0.384 e. The van der Waals surface area contributed by atoms with E-state index in [0.717, 1.165) is 41.0 Å². The molecule has 4 aromatic rings. The van der Waals surface area contributed by atoms with Crippen LogP contribution in [-0.2, 0) is 0 Å². The second-order valence-corrected chi connectivity index (χ2v) is 8.09. The first-order chi connectivity index (χ1) is 13.6. The van der Waals surface area contributed by atoms with Crippen molar-refractivity contribution in [1.82, 2.24) is 25.3 Å². The maximum Gasteiger partial charge on any atom is 0.160 e. The van der Waals surface area contributed by atoms with Gasteiger partial charge in [0.05, 0.1) is 12.0 Å². The predicted molar refractivity (Wildman–Crippen MR) is 115 cm³/mol. The first-order valence-corrected chi connectivity index (χ1v) is 10.1. The van der Waals surface area contributed by atoms with E-state index < -0.39 is 0 Å². The quantitative estimate of drug-likeness (QED) is 0.430. The molecule has 0 amide bonds. The molecule has 1 fully saturated rings. The summed E-state index contributed by atoms with van der Waals surface area (Å²) in [6.07, 6.45) is 4.08. The van der Waals surface area contributed by atoms with Crippen LogP contribution in [0.3, 0.4) is 0 Å². The van der Waals surface area contributed by atoms with Gasteiger partial charge in [-0.1, -0.05) is 19.9 Å². The zero-order valence-electron chi connectivity index (χ0n) is 16.3. The van der Waals surface area contributed by atoms with Crippen LogP contribution in [0.25, 0.3) is 33.3 Å². The molecule has 0 saturated carbocycles. The summed E-state index contributed by atoms with van der Waals surface area (Å²) in [6, 6.07) is 8.84. The van der Waals surface area contributed by atoms with Crippen LogP contribution in [0.15, 0.2) is 30.6 Å². The van der Waals surface area contributed by atoms with Gasteiger partial charge < -0.3 is 21.0 Å². The van der Waals surface area contributed by atoms with E-state index in [2.05, 4.69) is 57.3 Å². The lowest BCUT2D eigenvalue weighted by Crippen LogP contribution is -2.26. The lowest BCUT2D eigenvalue weighted by atomic mass is 9.88. The number of hydrogen-bond acceptors (Lipinski definition) is 4. The van der Waals surface area contributed by atoms with E-state index in [4.69, 9.17) is 5.73 Å². The predicted octanol–water partition coefficient (Wildman–Crippen LogP) is 4.28. The van der Waals surface area contributed by atoms with Gasteiger partial charge >= 0.3 is 0 Å². The van der Waals surface area contributed by atoms with Crippen molar-refractivity contribution in [1.29, 1.82) is 0 Å². The van der Waals surface area contributed by atoms with Gasteiger partial charge in [-0.2, -0.15) is 0 Å². The summed E-state index contributed by atoms with van der Waals surface area (Å²) >= 11 is 0. The first-order valence-electron chi connectivity index (χ1n) is 10.1. The third-order valence-corrected chi connectivity index (χ3v) is 5.93. The number of aromatic amines is 2. The van der Waals surface area contributed by atoms with Crippen molar-refractivity contribution in [2.75, 3.05) is 18.8 Å². The van der Waals surface area contributed by atoms with Crippen molar-refractivity contribution in [3.63, 3.8) is 0 Å². The second-order valence-electron chi connectivity index (χ2n) is 8.09. The summed E-state index contributed by atoms with van der Waals surface area (Å²) in [6.45, 7) is 6.70. The lowest BCUT2D eigenvalue weighted by molar-refractivity contribution is 0.460.